The maximum Gasteiger partial charge on any atom is 0.191 e. The third-order valence-corrected chi connectivity index (χ3v) is 3.51. The molecule has 1 aliphatic rings. The number of halogens is 2. The molecule has 0 unspecified atom stereocenters. The van der Waals surface area contributed by atoms with E-state index in [0.717, 1.165) is 24.5 Å². The van der Waals surface area contributed by atoms with Crippen molar-refractivity contribution in [3.8, 4) is 0 Å². The van der Waals surface area contributed by atoms with E-state index in [0.29, 0.717) is 6.04 Å². The van der Waals surface area contributed by atoms with E-state index >= 15 is 0 Å². The molecule has 1 aliphatic carbocycles. The number of rotatable bonds is 4. The van der Waals surface area contributed by atoms with Crippen LogP contribution in [0.1, 0.15) is 31.2 Å². The van der Waals surface area contributed by atoms with Crippen molar-refractivity contribution in [2.45, 2.75) is 38.1 Å². The smallest absolute Gasteiger partial charge is 0.191 e. The monoisotopic (exact) mass is 391 g/mol. The van der Waals surface area contributed by atoms with Crippen LogP contribution in [0.2, 0.25) is 0 Å². The molecule has 0 atom stereocenters. The van der Waals surface area contributed by atoms with Crippen molar-refractivity contribution in [3.63, 3.8) is 0 Å². The molecule has 20 heavy (non-hydrogen) atoms. The average Bonchev–Trinajstić information content (AvgIpc) is 2.90. The van der Waals surface area contributed by atoms with Gasteiger partial charge in [-0.25, -0.2) is 4.39 Å². The third kappa shape index (κ3) is 5.64. The summed E-state index contributed by atoms with van der Waals surface area (Å²) in [5.74, 6) is 0.675. The number of guanidine groups is 1. The van der Waals surface area contributed by atoms with Gasteiger partial charge in [-0.1, -0.05) is 25.0 Å². The molecule has 1 fully saturated rings. The lowest BCUT2D eigenvalue weighted by molar-refractivity contribution is 0.612. The zero-order chi connectivity index (χ0) is 13.5. The summed E-state index contributed by atoms with van der Waals surface area (Å²) >= 11 is 0. The van der Waals surface area contributed by atoms with Crippen LogP contribution < -0.4 is 10.6 Å². The molecular formula is C15H23FIN3. The Bertz CT molecular complexity index is 431. The molecule has 2 rings (SSSR count). The molecule has 0 aromatic heterocycles. The van der Waals surface area contributed by atoms with Gasteiger partial charge in [0, 0.05) is 19.6 Å². The molecule has 0 heterocycles. The highest BCUT2D eigenvalue weighted by molar-refractivity contribution is 14.0. The normalized spacial score (nSPS) is 15.8. The average molecular weight is 391 g/mol. The number of hydrogen-bond acceptors (Lipinski definition) is 1. The lowest BCUT2D eigenvalue weighted by Gasteiger charge is -2.16. The third-order valence-electron chi connectivity index (χ3n) is 3.51. The van der Waals surface area contributed by atoms with Gasteiger partial charge in [0.05, 0.1) is 0 Å². The molecule has 2 N–H and O–H groups in total. The van der Waals surface area contributed by atoms with E-state index in [-0.39, 0.29) is 29.8 Å². The summed E-state index contributed by atoms with van der Waals surface area (Å²) in [4.78, 5) is 4.22. The Morgan fingerprint density at radius 2 is 2.10 bits per heavy atom. The number of nitrogens with one attached hydrogen (secondary N) is 2. The van der Waals surface area contributed by atoms with Crippen LogP contribution in [0.5, 0.6) is 0 Å². The second-order valence-corrected chi connectivity index (χ2v) is 5.00. The molecule has 3 nitrogen and oxygen atoms in total. The topological polar surface area (TPSA) is 36.4 Å². The molecule has 112 valence electrons. The predicted molar refractivity (Wildman–Crippen MR) is 92.3 cm³/mol. The van der Waals surface area contributed by atoms with Crippen molar-refractivity contribution < 1.29 is 4.39 Å². The first-order chi connectivity index (χ1) is 9.28. The SMILES string of the molecule is CN=C(NCCc1cccc(F)c1)NC1CCCC1.I. The number of benzene rings is 1. The van der Waals surface area contributed by atoms with Crippen molar-refractivity contribution >= 4 is 29.9 Å². The summed E-state index contributed by atoms with van der Waals surface area (Å²) < 4.78 is 13.0. The largest absolute Gasteiger partial charge is 0.356 e. The molecule has 1 aromatic carbocycles. The van der Waals surface area contributed by atoms with Crippen molar-refractivity contribution in [2.75, 3.05) is 13.6 Å². The first kappa shape index (κ1) is 17.2. The van der Waals surface area contributed by atoms with E-state index in [1.165, 1.54) is 31.7 Å². The summed E-state index contributed by atoms with van der Waals surface area (Å²) in [6.07, 6.45) is 5.86. The van der Waals surface area contributed by atoms with Crippen LogP contribution in [0.25, 0.3) is 0 Å². The van der Waals surface area contributed by atoms with Gasteiger partial charge in [-0.05, 0) is 37.0 Å². The lowest BCUT2D eigenvalue weighted by Crippen LogP contribution is -2.42. The Morgan fingerprint density at radius 3 is 2.75 bits per heavy atom. The van der Waals surface area contributed by atoms with Gasteiger partial charge in [0.1, 0.15) is 5.82 Å². The van der Waals surface area contributed by atoms with Gasteiger partial charge in [-0.3, -0.25) is 4.99 Å². The van der Waals surface area contributed by atoms with Gasteiger partial charge in [-0.15, -0.1) is 24.0 Å². The maximum atomic E-state index is 13.0. The molecule has 0 bridgehead atoms. The summed E-state index contributed by atoms with van der Waals surface area (Å²) in [5, 5.41) is 6.71. The highest BCUT2D eigenvalue weighted by atomic mass is 127. The van der Waals surface area contributed by atoms with E-state index in [2.05, 4.69) is 15.6 Å². The molecule has 1 aromatic rings. The van der Waals surface area contributed by atoms with Gasteiger partial charge in [0.2, 0.25) is 0 Å². The highest BCUT2D eigenvalue weighted by Gasteiger charge is 2.15. The Hall–Kier alpha value is -0.850. The minimum Gasteiger partial charge on any atom is -0.356 e. The Morgan fingerprint density at radius 1 is 1.35 bits per heavy atom. The highest BCUT2D eigenvalue weighted by Crippen LogP contribution is 2.17. The number of hydrogen-bond donors (Lipinski definition) is 2. The molecule has 0 saturated heterocycles. The van der Waals surface area contributed by atoms with Gasteiger partial charge in [-0.2, -0.15) is 0 Å². The second-order valence-electron chi connectivity index (χ2n) is 5.00. The fourth-order valence-corrected chi connectivity index (χ4v) is 2.48. The molecule has 5 heteroatoms. The van der Waals surface area contributed by atoms with Gasteiger partial charge in [0.15, 0.2) is 5.96 Å². The van der Waals surface area contributed by atoms with Crippen LogP contribution >= 0.6 is 24.0 Å². The molecular weight excluding hydrogens is 368 g/mol. The lowest BCUT2D eigenvalue weighted by atomic mass is 10.1. The molecule has 1 saturated carbocycles. The Kier molecular flexibility index (Phi) is 7.87. The zero-order valence-electron chi connectivity index (χ0n) is 11.9. The number of aliphatic imine (C=N–C) groups is 1. The van der Waals surface area contributed by atoms with Crippen LogP contribution in [0, 0.1) is 5.82 Å². The Balaban J connectivity index is 0.00000200. The predicted octanol–water partition coefficient (Wildman–Crippen LogP) is 3.09. The van der Waals surface area contributed by atoms with Crippen LogP contribution in [-0.2, 0) is 6.42 Å². The zero-order valence-corrected chi connectivity index (χ0v) is 14.2. The van der Waals surface area contributed by atoms with Crippen molar-refractivity contribution in [3.05, 3.63) is 35.6 Å². The second kappa shape index (κ2) is 9.15. The van der Waals surface area contributed by atoms with Gasteiger partial charge in [0.25, 0.3) is 0 Å². The summed E-state index contributed by atoms with van der Waals surface area (Å²) in [6.45, 7) is 0.760. The molecule has 0 spiro atoms. The standard InChI is InChI=1S/C15H22FN3.HI/c1-17-15(19-14-7-2-3-8-14)18-10-9-12-5-4-6-13(16)11-12;/h4-6,11,14H,2-3,7-10H2,1H3,(H2,17,18,19);1H. The maximum absolute atomic E-state index is 13.0. The van der Waals surface area contributed by atoms with Crippen LogP contribution in [0.3, 0.4) is 0 Å². The van der Waals surface area contributed by atoms with E-state index in [1.54, 1.807) is 19.2 Å². The van der Waals surface area contributed by atoms with Crippen molar-refractivity contribution in [2.24, 2.45) is 4.99 Å². The first-order valence-electron chi connectivity index (χ1n) is 6.99. The van der Waals surface area contributed by atoms with Crippen molar-refractivity contribution in [1.29, 1.82) is 0 Å². The summed E-state index contributed by atoms with van der Waals surface area (Å²) in [7, 11) is 1.78. The van der Waals surface area contributed by atoms with E-state index in [1.807, 2.05) is 6.07 Å². The van der Waals surface area contributed by atoms with Gasteiger partial charge < -0.3 is 10.6 Å². The van der Waals surface area contributed by atoms with Crippen LogP contribution in [0.15, 0.2) is 29.3 Å². The van der Waals surface area contributed by atoms with E-state index < -0.39 is 0 Å². The quantitative estimate of drug-likeness (QED) is 0.470. The van der Waals surface area contributed by atoms with E-state index in [9.17, 15) is 4.39 Å². The molecule has 0 amide bonds. The first-order valence-corrected chi connectivity index (χ1v) is 6.99. The minimum absolute atomic E-state index is 0. The molecule has 0 radical (unpaired) electrons. The number of nitrogens with zero attached hydrogens (tertiary/aromatic N) is 1. The van der Waals surface area contributed by atoms with Crippen LogP contribution in [-0.4, -0.2) is 25.6 Å². The van der Waals surface area contributed by atoms with Crippen LogP contribution in [0.4, 0.5) is 4.39 Å². The Labute approximate surface area is 137 Å². The summed E-state index contributed by atoms with van der Waals surface area (Å²) in [5.41, 5.74) is 1.00. The summed E-state index contributed by atoms with van der Waals surface area (Å²) in [6, 6.07) is 7.29. The fourth-order valence-electron chi connectivity index (χ4n) is 2.48. The minimum atomic E-state index is -0.175. The van der Waals surface area contributed by atoms with Crippen molar-refractivity contribution in [1.82, 2.24) is 10.6 Å². The van der Waals surface area contributed by atoms with Gasteiger partial charge >= 0.3 is 0 Å². The van der Waals surface area contributed by atoms with E-state index in [4.69, 9.17) is 0 Å². The molecule has 0 aliphatic heterocycles. The fraction of sp³-hybridized carbons (Fsp3) is 0.533.